The Hall–Kier alpha value is -3.45. The van der Waals surface area contributed by atoms with Crippen LogP contribution in [0.3, 0.4) is 0 Å². The lowest BCUT2D eigenvalue weighted by Gasteiger charge is -2.32. The Balaban J connectivity index is 1.59. The van der Waals surface area contributed by atoms with Crippen molar-refractivity contribution < 1.29 is 19.4 Å². The smallest absolute Gasteiger partial charge is 0.290 e. The minimum absolute atomic E-state index is 0.0160. The lowest BCUT2D eigenvalue weighted by molar-refractivity contribution is -0.131. The maximum atomic E-state index is 14.0. The van der Waals surface area contributed by atoms with E-state index in [9.17, 15) is 14.7 Å². The molecule has 1 atom stereocenters. The van der Waals surface area contributed by atoms with Crippen LogP contribution in [0.15, 0.2) is 65.9 Å². The second kappa shape index (κ2) is 9.90. The van der Waals surface area contributed by atoms with Crippen LogP contribution < -0.4 is 4.74 Å². The number of carbonyl (C=O) groups excluding carboxylic acids is 2. The topological polar surface area (TPSA) is 79.7 Å². The van der Waals surface area contributed by atoms with E-state index >= 15 is 0 Å². The van der Waals surface area contributed by atoms with Gasteiger partial charge in [-0.3, -0.25) is 9.59 Å². The SMILES string of the molecule is Cc1nc(-c2ccccc2)sc1C(=O)C1=C(O)C(=O)N(C2CCCC2)C1c1cccc(OC(C)C)c1. The molecule has 1 aliphatic carbocycles. The molecular formula is C29H30N2O4S. The van der Waals surface area contributed by atoms with E-state index in [4.69, 9.17) is 4.74 Å². The van der Waals surface area contributed by atoms with Crippen LogP contribution >= 0.6 is 11.3 Å². The molecule has 0 bridgehead atoms. The maximum Gasteiger partial charge on any atom is 0.290 e. The summed E-state index contributed by atoms with van der Waals surface area (Å²) in [6.07, 6.45) is 3.75. The number of aryl methyl sites for hydroxylation is 1. The minimum atomic E-state index is -0.675. The number of ketones is 1. The molecule has 0 radical (unpaired) electrons. The second-order valence-corrected chi connectivity index (χ2v) is 10.7. The van der Waals surface area contributed by atoms with Crippen molar-refractivity contribution in [1.29, 1.82) is 0 Å². The van der Waals surface area contributed by atoms with Crippen LogP contribution in [0.1, 0.15) is 66.5 Å². The van der Waals surface area contributed by atoms with Crippen LogP contribution in [0.5, 0.6) is 5.75 Å². The molecule has 0 spiro atoms. The Bertz CT molecular complexity index is 1320. The largest absolute Gasteiger partial charge is 0.503 e. The van der Waals surface area contributed by atoms with E-state index in [1.165, 1.54) is 11.3 Å². The Morgan fingerprint density at radius 1 is 1.11 bits per heavy atom. The highest BCUT2D eigenvalue weighted by atomic mass is 32.1. The van der Waals surface area contributed by atoms with Crippen LogP contribution in [0.2, 0.25) is 0 Å². The van der Waals surface area contributed by atoms with E-state index < -0.39 is 17.7 Å². The van der Waals surface area contributed by atoms with Gasteiger partial charge >= 0.3 is 0 Å². The van der Waals surface area contributed by atoms with E-state index in [0.29, 0.717) is 16.3 Å². The Morgan fingerprint density at radius 3 is 2.53 bits per heavy atom. The van der Waals surface area contributed by atoms with Crippen molar-refractivity contribution in [2.24, 2.45) is 0 Å². The molecule has 7 heteroatoms. The van der Waals surface area contributed by atoms with Gasteiger partial charge in [-0.15, -0.1) is 11.3 Å². The zero-order valence-corrected chi connectivity index (χ0v) is 21.5. The number of Topliss-reactive ketones (excluding diaryl/α,β-unsaturated/α-hetero) is 1. The molecule has 1 fully saturated rings. The summed E-state index contributed by atoms with van der Waals surface area (Å²) in [6, 6.07) is 16.5. The summed E-state index contributed by atoms with van der Waals surface area (Å²) in [5.74, 6) is -0.615. The molecule has 5 rings (SSSR count). The van der Waals surface area contributed by atoms with Crippen LogP contribution in [-0.4, -0.2) is 38.8 Å². The molecule has 186 valence electrons. The Morgan fingerprint density at radius 2 is 1.83 bits per heavy atom. The molecule has 1 aromatic heterocycles. The van der Waals surface area contributed by atoms with Crippen molar-refractivity contribution in [2.75, 3.05) is 0 Å². The van der Waals surface area contributed by atoms with Crippen molar-refractivity contribution in [1.82, 2.24) is 9.88 Å². The highest BCUT2D eigenvalue weighted by molar-refractivity contribution is 7.17. The van der Waals surface area contributed by atoms with Gasteiger partial charge in [-0.25, -0.2) is 4.98 Å². The van der Waals surface area contributed by atoms with E-state index in [-0.39, 0.29) is 23.5 Å². The van der Waals surface area contributed by atoms with Crippen LogP contribution in [-0.2, 0) is 4.79 Å². The maximum absolute atomic E-state index is 14.0. The highest BCUT2D eigenvalue weighted by Crippen LogP contribution is 2.45. The fourth-order valence-corrected chi connectivity index (χ4v) is 6.23. The number of benzene rings is 2. The van der Waals surface area contributed by atoms with E-state index in [1.54, 1.807) is 11.8 Å². The standard InChI is InChI=1S/C29H30N2O4S/c1-17(2)35-22-15-9-12-20(16-22)24-23(26(33)29(34)31(24)21-13-7-8-14-21)25(32)27-18(3)30-28(36-27)19-10-5-4-6-11-19/h4-6,9-12,15-17,21,24,33H,7-8,13-14H2,1-3H3. The molecule has 36 heavy (non-hydrogen) atoms. The number of amides is 1. The number of thiazole rings is 1. The molecule has 1 amide bonds. The minimum Gasteiger partial charge on any atom is -0.503 e. The predicted molar refractivity (Wildman–Crippen MR) is 140 cm³/mol. The van der Waals surface area contributed by atoms with E-state index in [1.807, 2.05) is 68.4 Å². The average Bonchev–Trinajstić information content (AvgIpc) is 3.58. The number of aliphatic hydroxyl groups excluding tert-OH is 1. The number of aliphatic hydroxyl groups is 1. The lowest BCUT2D eigenvalue weighted by atomic mass is 9.94. The zero-order chi connectivity index (χ0) is 25.4. The van der Waals surface area contributed by atoms with Crippen molar-refractivity contribution >= 4 is 23.0 Å². The van der Waals surface area contributed by atoms with Gasteiger partial charge in [0.1, 0.15) is 10.8 Å². The third kappa shape index (κ3) is 4.44. The number of ether oxygens (including phenoxy) is 1. The quantitative estimate of drug-likeness (QED) is 0.377. The van der Waals surface area contributed by atoms with Gasteiger partial charge in [0.05, 0.1) is 28.3 Å². The number of hydrogen-bond acceptors (Lipinski definition) is 6. The van der Waals surface area contributed by atoms with Crippen LogP contribution in [0.4, 0.5) is 0 Å². The molecule has 1 unspecified atom stereocenters. The van der Waals surface area contributed by atoms with Crippen molar-refractivity contribution in [3.05, 3.63) is 82.1 Å². The van der Waals surface area contributed by atoms with E-state index in [0.717, 1.165) is 41.8 Å². The summed E-state index contributed by atoms with van der Waals surface area (Å²) < 4.78 is 5.91. The fraction of sp³-hybridized carbons (Fsp3) is 0.345. The van der Waals surface area contributed by atoms with Crippen molar-refractivity contribution in [2.45, 2.75) is 64.6 Å². The molecule has 3 aromatic rings. The van der Waals surface area contributed by atoms with E-state index in [2.05, 4.69) is 4.98 Å². The average molecular weight is 503 g/mol. The molecule has 0 saturated heterocycles. The van der Waals surface area contributed by atoms with Crippen molar-refractivity contribution in [3.63, 3.8) is 0 Å². The van der Waals surface area contributed by atoms with Gasteiger partial charge in [-0.05, 0) is 51.3 Å². The van der Waals surface area contributed by atoms with Crippen LogP contribution in [0, 0.1) is 6.92 Å². The first-order chi connectivity index (χ1) is 17.3. The van der Waals surface area contributed by atoms with Gasteiger partial charge < -0.3 is 14.7 Å². The highest BCUT2D eigenvalue weighted by Gasteiger charge is 2.47. The third-order valence-electron chi connectivity index (χ3n) is 6.78. The van der Waals surface area contributed by atoms with Gasteiger partial charge in [0.2, 0.25) is 5.78 Å². The zero-order valence-electron chi connectivity index (χ0n) is 20.7. The van der Waals surface area contributed by atoms with Gasteiger partial charge in [0.15, 0.2) is 5.76 Å². The first-order valence-electron chi connectivity index (χ1n) is 12.4. The number of aromatic nitrogens is 1. The third-order valence-corrected chi connectivity index (χ3v) is 7.98. The molecule has 6 nitrogen and oxygen atoms in total. The van der Waals surface area contributed by atoms with Gasteiger partial charge in [-0.2, -0.15) is 0 Å². The lowest BCUT2D eigenvalue weighted by Crippen LogP contribution is -2.38. The molecule has 1 N–H and O–H groups in total. The fourth-order valence-electron chi connectivity index (χ4n) is 5.21. The monoisotopic (exact) mass is 502 g/mol. The summed E-state index contributed by atoms with van der Waals surface area (Å²) in [6.45, 7) is 5.70. The van der Waals surface area contributed by atoms with Crippen molar-refractivity contribution in [3.8, 4) is 16.3 Å². The molecule has 2 aliphatic rings. The molecule has 2 aromatic carbocycles. The van der Waals surface area contributed by atoms with Crippen LogP contribution in [0.25, 0.3) is 10.6 Å². The first-order valence-corrected chi connectivity index (χ1v) is 13.3. The number of hydrogen-bond donors (Lipinski definition) is 1. The summed E-state index contributed by atoms with van der Waals surface area (Å²) in [5, 5.41) is 11.8. The molecule has 2 heterocycles. The van der Waals surface area contributed by atoms with Gasteiger partial charge in [-0.1, -0.05) is 55.3 Å². The summed E-state index contributed by atoms with van der Waals surface area (Å²) in [7, 11) is 0. The predicted octanol–water partition coefficient (Wildman–Crippen LogP) is 6.43. The normalized spacial score (nSPS) is 18.5. The first kappa shape index (κ1) is 24.3. The number of rotatable bonds is 7. The summed E-state index contributed by atoms with van der Waals surface area (Å²) in [4.78, 5) is 34.2. The number of nitrogens with zero attached hydrogens (tertiary/aromatic N) is 2. The van der Waals surface area contributed by atoms with Gasteiger partial charge in [0.25, 0.3) is 5.91 Å². The Kier molecular flexibility index (Phi) is 6.67. The Labute approximate surface area is 215 Å². The molecule has 1 saturated carbocycles. The molecular weight excluding hydrogens is 472 g/mol. The second-order valence-electron chi connectivity index (χ2n) is 9.68. The number of carbonyl (C=O) groups is 2. The summed E-state index contributed by atoms with van der Waals surface area (Å²) in [5.41, 5.74) is 2.39. The summed E-state index contributed by atoms with van der Waals surface area (Å²) >= 11 is 1.29. The molecule has 1 aliphatic heterocycles. The van der Waals surface area contributed by atoms with Gasteiger partial charge in [0, 0.05) is 11.6 Å².